The molecule has 0 spiro atoms. The summed E-state index contributed by atoms with van der Waals surface area (Å²) in [5, 5.41) is 4.26. The number of anilines is 1. The Balaban J connectivity index is 1.66. The van der Waals surface area contributed by atoms with Crippen LogP contribution >= 0.6 is 22.9 Å². The van der Waals surface area contributed by atoms with Gasteiger partial charge in [0.05, 0.1) is 6.61 Å². The Morgan fingerprint density at radius 3 is 2.62 bits per heavy atom. The number of methoxy groups -OCH3 is 1. The molecule has 0 radical (unpaired) electrons. The van der Waals surface area contributed by atoms with Crippen molar-refractivity contribution in [1.82, 2.24) is 10.1 Å². The largest absolute Gasteiger partial charge is 0.466 e. The number of hydrogen-bond acceptors (Lipinski definition) is 12. The summed E-state index contributed by atoms with van der Waals surface area (Å²) in [6.07, 6.45) is 0.752. The van der Waals surface area contributed by atoms with E-state index in [1.54, 1.807) is 32.2 Å². The molecule has 4 aromatic rings. The van der Waals surface area contributed by atoms with E-state index in [2.05, 4.69) is 10.1 Å². The molecule has 0 saturated heterocycles. The number of ether oxygens (including phenoxy) is 5. The van der Waals surface area contributed by atoms with Crippen LogP contribution in [0, 0.1) is 6.92 Å². The lowest BCUT2D eigenvalue weighted by Gasteiger charge is -2.28. The van der Waals surface area contributed by atoms with Crippen LogP contribution in [0.4, 0.5) is 5.88 Å². The number of pyridine rings is 1. The van der Waals surface area contributed by atoms with Gasteiger partial charge in [-0.25, -0.2) is 13.4 Å². The van der Waals surface area contributed by atoms with Crippen molar-refractivity contribution < 1.29 is 41.4 Å². The fourth-order valence-electron chi connectivity index (χ4n) is 4.53. The van der Waals surface area contributed by atoms with E-state index in [0.29, 0.717) is 38.7 Å². The lowest BCUT2D eigenvalue weighted by Crippen LogP contribution is -2.43. The third-order valence-electron chi connectivity index (χ3n) is 6.41. The van der Waals surface area contributed by atoms with Gasteiger partial charge in [0.1, 0.15) is 20.4 Å². The topological polar surface area (TPSA) is 140 Å². The van der Waals surface area contributed by atoms with E-state index in [1.165, 1.54) is 25.4 Å². The maximum absolute atomic E-state index is 14.7. The number of fused-ring (bicyclic) bond motifs is 2. The third-order valence-corrected chi connectivity index (χ3v) is 9.92. The van der Waals surface area contributed by atoms with Gasteiger partial charge in [0.25, 0.3) is 22.3 Å². The minimum atomic E-state index is -4.47. The second-order valence-electron chi connectivity index (χ2n) is 9.14. The number of nitrogens with zero attached hydrogens (tertiary/aromatic N) is 3. The quantitative estimate of drug-likeness (QED) is 0.156. The first-order valence-corrected chi connectivity index (χ1v) is 15.5. The van der Waals surface area contributed by atoms with Gasteiger partial charge < -0.3 is 28.2 Å². The van der Waals surface area contributed by atoms with Gasteiger partial charge in [0.15, 0.2) is 11.5 Å². The van der Waals surface area contributed by atoms with E-state index in [1.807, 2.05) is 12.1 Å². The number of hydrogen-bond donors (Lipinski definition) is 0. The highest BCUT2D eigenvalue weighted by Gasteiger charge is 2.41. The van der Waals surface area contributed by atoms with Crippen molar-refractivity contribution in [2.24, 2.45) is 0 Å². The summed E-state index contributed by atoms with van der Waals surface area (Å²) in [5.41, 5.74) is 1.87. The molecule has 1 unspecified atom stereocenters. The number of sulfonamides is 1. The van der Waals surface area contributed by atoms with Crippen molar-refractivity contribution in [3.63, 3.8) is 0 Å². The Hall–Kier alpha value is -3.43. The van der Waals surface area contributed by atoms with E-state index in [9.17, 15) is 13.2 Å². The smallest absolute Gasteiger partial charge is 0.302 e. The summed E-state index contributed by atoms with van der Waals surface area (Å²) in [4.78, 5) is 16.8. The van der Waals surface area contributed by atoms with Crippen molar-refractivity contribution in [2.45, 2.75) is 44.9 Å². The number of aromatic nitrogens is 2. The Morgan fingerprint density at radius 1 is 1.24 bits per heavy atom. The zero-order chi connectivity index (χ0) is 30.0. The van der Waals surface area contributed by atoms with Crippen LogP contribution in [-0.2, 0) is 41.9 Å². The van der Waals surface area contributed by atoms with Crippen LogP contribution < -0.4 is 13.8 Å². The second kappa shape index (κ2) is 12.4. The van der Waals surface area contributed by atoms with Gasteiger partial charge in [0.2, 0.25) is 6.79 Å². The van der Waals surface area contributed by atoms with Crippen molar-refractivity contribution in [1.29, 1.82) is 0 Å². The van der Waals surface area contributed by atoms with Gasteiger partial charge in [-0.3, -0.25) is 4.79 Å². The highest BCUT2D eigenvalue weighted by atomic mass is 35.5. The zero-order valence-electron chi connectivity index (χ0n) is 23.2. The predicted octanol–water partition coefficient (Wildman–Crippen LogP) is 4.83. The van der Waals surface area contributed by atoms with Crippen molar-refractivity contribution in [3.8, 4) is 11.5 Å². The minimum Gasteiger partial charge on any atom is -0.466 e. The Bertz CT molecular complexity index is 1720. The molecule has 1 aliphatic heterocycles. The Labute approximate surface area is 251 Å². The number of halogens is 1. The molecule has 224 valence electrons. The summed E-state index contributed by atoms with van der Waals surface area (Å²) in [5.74, 6) is 0.452. The lowest BCUT2D eigenvalue weighted by atomic mass is 10.00. The van der Waals surface area contributed by atoms with Crippen molar-refractivity contribution in [2.75, 3.05) is 31.4 Å². The highest BCUT2D eigenvalue weighted by molar-refractivity contribution is 7.93. The van der Waals surface area contributed by atoms with E-state index >= 15 is 0 Å². The molecule has 0 aliphatic carbocycles. The molecule has 0 amide bonds. The normalized spacial score (nSPS) is 13.5. The minimum absolute atomic E-state index is 0.00284. The number of carbonyl (C=O) groups is 1. The van der Waals surface area contributed by atoms with Gasteiger partial charge in [0, 0.05) is 49.9 Å². The maximum Gasteiger partial charge on any atom is 0.302 e. The van der Waals surface area contributed by atoms with Crippen LogP contribution in [0.5, 0.6) is 11.5 Å². The van der Waals surface area contributed by atoms with Crippen LogP contribution in [0.15, 0.2) is 39.9 Å². The summed E-state index contributed by atoms with van der Waals surface area (Å²) in [7, 11) is -3.16. The number of benzene rings is 1. The summed E-state index contributed by atoms with van der Waals surface area (Å²) >= 11 is 7.70. The van der Waals surface area contributed by atoms with Gasteiger partial charge in [-0.2, -0.15) is 4.31 Å². The molecule has 0 saturated carbocycles. The fraction of sp³-hybridized carbons (Fsp3) is 0.370. The average Bonchev–Trinajstić information content (AvgIpc) is 3.65. The Kier molecular flexibility index (Phi) is 8.89. The van der Waals surface area contributed by atoms with E-state index in [4.69, 9.17) is 39.8 Å². The van der Waals surface area contributed by atoms with Crippen LogP contribution in [0.2, 0.25) is 5.02 Å². The van der Waals surface area contributed by atoms with Gasteiger partial charge in [-0.05, 0) is 49.2 Å². The maximum atomic E-state index is 14.7. The fourth-order valence-corrected chi connectivity index (χ4v) is 8.02. The summed E-state index contributed by atoms with van der Waals surface area (Å²) in [6, 6.07) is 6.98. The number of aryl methyl sites for hydroxylation is 1. The Morgan fingerprint density at radius 2 is 1.98 bits per heavy atom. The molecular weight excluding hydrogens is 610 g/mol. The van der Waals surface area contributed by atoms with Crippen LogP contribution in [0.25, 0.3) is 10.2 Å². The first-order chi connectivity index (χ1) is 20.1. The molecular formula is C27H28ClN3O9S2. The molecule has 5 rings (SSSR count). The molecule has 12 nitrogen and oxygen atoms in total. The van der Waals surface area contributed by atoms with Crippen molar-refractivity contribution >= 4 is 55.0 Å². The van der Waals surface area contributed by atoms with Gasteiger partial charge >= 0.3 is 5.97 Å². The van der Waals surface area contributed by atoms with Crippen molar-refractivity contribution in [3.05, 3.63) is 57.2 Å². The highest BCUT2D eigenvalue weighted by Crippen LogP contribution is 2.43. The number of thiophene rings is 1. The lowest BCUT2D eigenvalue weighted by molar-refractivity contribution is -0.140. The molecule has 4 heterocycles. The third kappa shape index (κ3) is 5.77. The molecule has 0 fully saturated rings. The van der Waals surface area contributed by atoms with E-state index in [-0.39, 0.29) is 42.2 Å². The van der Waals surface area contributed by atoms with E-state index < -0.39 is 22.4 Å². The molecule has 42 heavy (non-hydrogen) atoms. The monoisotopic (exact) mass is 637 g/mol. The standard InChI is InChI=1S/C27H28ClN3O9S2/c1-5-36-27(35-4)31(26-23(28)15(2)30-40-26)42(33,34)24-19-7-6-9-29-25(19)41-22(24)13-18-12-21-20(38-14-39-21)11-17(18)8-10-37-16(3)32/h6-7,9,11-12,27H,5,8,10,13-14H2,1-4H3. The SMILES string of the molecule is CCOC(OC)N(c1onc(C)c1Cl)S(=O)(=O)c1c(Cc2cc3c(cc2CCOC(C)=O)OCO3)sc2ncccc12. The molecule has 0 N–H and O–H groups in total. The first-order valence-electron chi connectivity index (χ1n) is 12.9. The predicted molar refractivity (Wildman–Crippen MR) is 154 cm³/mol. The van der Waals surface area contributed by atoms with Gasteiger partial charge in [-0.1, -0.05) is 16.8 Å². The summed E-state index contributed by atoms with van der Waals surface area (Å²) in [6.45, 7) is 4.98. The molecule has 3 aromatic heterocycles. The molecule has 1 atom stereocenters. The second-order valence-corrected chi connectivity index (χ2v) is 12.4. The zero-order valence-corrected chi connectivity index (χ0v) is 25.6. The average molecular weight is 638 g/mol. The molecule has 1 aromatic carbocycles. The van der Waals surface area contributed by atoms with Crippen LogP contribution in [0.1, 0.15) is 35.5 Å². The molecule has 1 aliphatic rings. The van der Waals surface area contributed by atoms with Crippen LogP contribution in [-0.4, -0.2) is 58.1 Å². The van der Waals surface area contributed by atoms with Crippen LogP contribution in [0.3, 0.4) is 0 Å². The first kappa shape index (κ1) is 30.0. The summed E-state index contributed by atoms with van der Waals surface area (Å²) < 4.78 is 63.0. The molecule has 15 heteroatoms. The van der Waals surface area contributed by atoms with E-state index in [0.717, 1.165) is 15.4 Å². The number of rotatable bonds is 12. The number of esters is 1. The molecule has 0 bridgehead atoms. The van der Waals surface area contributed by atoms with Gasteiger partial charge in [-0.15, -0.1) is 11.3 Å². The number of carbonyl (C=O) groups excluding carboxylic acids is 1.